The average Bonchev–Trinajstić information content (AvgIpc) is 2.84. The van der Waals surface area contributed by atoms with E-state index in [-0.39, 0.29) is 17.6 Å². The van der Waals surface area contributed by atoms with E-state index in [0.29, 0.717) is 5.75 Å². The highest BCUT2D eigenvalue weighted by atomic mass is 32.2. The van der Waals surface area contributed by atoms with Crippen molar-refractivity contribution in [2.75, 3.05) is 11.1 Å². The maximum atomic E-state index is 12.6. The number of carbonyl (C=O) groups excluding carboxylic acids is 2. The van der Waals surface area contributed by atoms with E-state index < -0.39 is 0 Å². The number of Topliss-reactive ketones (excluding diaryl/α,β-unsaturated/α-hetero) is 1. The lowest BCUT2D eigenvalue weighted by atomic mass is 9.88. The van der Waals surface area contributed by atoms with E-state index in [1.165, 1.54) is 18.2 Å². The molecule has 4 heteroatoms. The second kappa shape index (κ2) is 10.5. The number of anilines is 1. The largest absolute Gasteiger partial charge is 0.326 e. The Morgan fingerprint density at radius 1 is 0.774 bits per heavy atom. The zero-order chi connectivity index (χ0) is 21.5. The lowest BCUT2D eigenvalue weighted by Gasteiger charge is -2.20. The highest BCUT2D eigenvalue weighted by molar-refractivity contribution is 8.00. The zero-order valence-electron chi connectivity index (χ0n) is 17.6. The van der Waals surface area contributed by atoms with Crippen molar-refractivity contribution in [1.82, 2.24) is 0 Å². The molecule has 0 bridgehead atoms. The highest BCUT2D eigenvalue weighted by Gasteiger charge is 2.20. The van der Waals surface area contributed by atoms with Gasteiger partial charge in [-0.1, -0.05) is 73.9 Å². The molecule has 1 amide bonds. The van der Waals surface area contributed by atoms with Crippen LogP contribution in [0.4, 0.5) is 5.69 Å². The van der Waals surface area contributed by atoms with Crippen molar-refractivity contribution < 1.29 is 9.59 Å². The Hall–Kier alpha value is -2.85. The molecule has 0 heterocycles. The van der Waals surface area contributed by atoms with E-state index in [1.54, 1.807) is 0 Å². The van der Waals surface area contributed by atoms with Crippen LogP contribution in [0.5, 0.6) is 0 Å². The third-order valence-corrected chi connectivity index (χ3v) is 6.79. The first-order valence-corrected chi connectivity index (χ1v) is 11.9. The standard InChI is InChI=1S/C27H27NO2S/c29-26(22-13-11-21(12-14-22)20-7-3-1-4-8-20)19-31-25-17-15-24(16-18-25)28-27(30)23-9-5-2-6-10-23/h1,3-4,7-8,11-18,23H,2,5-6,9-10,19H2,(H,28,30). The SMILES string of the molecule is O=C(CSc1ccc(NC(=O)C2CCCCC2)cc1)c1ccc(-c2ccccc2)cc1. The van der Waals surface area contributed by atoms with Crippen molar-refractivity contribution in [2.45, 2.75) is 37.0 Å². The Labute approximate surface area is 188 Å². The van der Waals surface area contributed by atoms with Gasteiger partial charge in [-0.05, 0) is 48.2 Å². The minimum absolute atomic E-state index is 0.110. The molecule has 3 nitrogen and oxygen atoms in total. The van der Waals surface area contributed by atoms with Gasteiger partial charge in [-0.15, -0.1) is 11.8 Å². The summed E-state index contributed by atoms with van der Waals surface area (Å²) in [5.74, 6) is 0.778. The van der Waals surface area contributed by atoms with Crippen molar-refractivity contribution in [2.24, 2.45) is 5.92 Å². The van der Waals surface area contributed by atoms with E-state index >= 15 is 0 Å². The first-order chi connectivity index (χ1) is 15.2. The molecule has 3 aromatic rings. The molecule has 1 saturated carbocycles. The van der Waals surface area contributed by atoms with E-state index in [0.717, 1.165) is 53.0 Å². The summed E-state index contributed by atoms with van der Waals surface area (Å²) < 4.78 is 0. The van der Waals surface area contributed by atoms with Crippen LogP contribution in [-0.4, -0.2) is 17.4 Å². The summed E-state index contributed by atoms with van der Waals surface area (Å²) in [5, 5.41) is 3.03. The molecule has 0 spiro atoms. The van der Waals surface area contributed by atoms with Gasteiger partial charge in [0.2, 0.25) is 5.91 Å². The average molecular weight is 430 g/mol. The Bertz CT molecular complexity index is 1010. The molecule has 0 saturated heterocycles. The topological polar surface area (TPSA) is 46.2 Å². The smallest absolute Gasteiger partial charge is 0.227 e. The molecule has 1 aliphatic rings. The number of hydrogen-bond donors (Lipinski definition) is 1. The van der Waals surface area contributed by atoms with Gasteiger partial charge in [0.25, 0.3) is 0 Å². The van der Waals surface area contributed by atoms with Crippen LogP contribution in [0.2, 0.25) is 0 Å². The Kier molecular flexibility index (Phi) is 7.21. The monoisotopic (exact) mass is 429 g/mol. The van der Waals surface area contributed by atoms with Crippen molar-refractivity contribution >= 4 is 29.1 Å². The van der Waals surface area contributed by atoms with Gasteiger partial charge in [0, 0.05) is 22.1 Å². The fourth-order valence-electron chi connectivity index (χ4n) is 3.95. The van der Waals surface area contributed by atoms with Gasteiger partial charge in [-0.3, -0.25) is 9.59 Å². The minimum atomic E-state index is 0.110. The first kappa shape index (κ1) is 21.4. The number of carbonyl (C=O) groups is 2. The van der Waals surface area contributed by atoms with Crippen LogP contribution >= 0.6 is 11.8 Å². The third-order valence-electron chi connectivity index (χ3n) is 5.78. The van der Waals surface area contributed by atoms with Crippen LogP contribution in [0, 0.1) is 5.92 Å². The highest BCUT2D eigenvalue weighted by Crippen LogP contribution is 2.26. The molecule has 1 fully saturated rings. The summed E-state index contributed by atoms with van der Waals surface area (Å²) in [6.45, 7) is 0. The quantitative estimate of drug-likeness (QED) is 0.330. The third kappa shape index (κ3) is 5.86. The van der Waals surface area contributed by atoms with Gasteiger partial charge in [0.1, 0.15) is 0 Å². The number of hydrogen-bond acceptors (Lipinski definition) is 3. The van der Waals surface area contributed by atoms with Crippen LogP contribution in [0.25, 0.3) is 11.1 Å². The summed E-state index contributed by atoms with van der Waals surface area (Å²) in [6, 6.07) is 25.7. The second-order valence-electron chi connectivity index (χ2n) is 8.00. The summed E-state index contributed by atoms with van der Waals surface area (Å²) in [4.78, 5) is 26.0. The molecule has 1 N–H and O–H groups in total. The minimum Gasteiger partial charge on any atom is -0.326 e. The molecular formula is C27H27NO2S. The maximum absolute atomic E-state index is 12.6. The number of amides is 1. The van der Waals surface area contributed by atoms with Crippen molar-refractivity contribution in [1.29, 1.82) is 0 Å². The molecule has 0 aromatic heterocycles. The van der Waals surface area contributed by atoms with Crippen LogP contribution in [0.15, 0.2) is 83.8 Å². The lowest BCUT2D eigenvalue weighted by molar-refractivity contribution is -0.120. The molecule has 0 aliphatic heterocycles. The van der Waals surface area contributed by atoms with E-state index in [4.69, 9.17) is 0 Å². The first-order valence-electron chi connectivity index (χ1n) is 10.9. The number of nitrogens with one attached hydrogen (secondary N) is 1. The Morgan fingerprint density at radius 2 is 1.42 bits per heavy atom. The Morgan fingerprint density at radius 3 is 2.10 bits per heavy atom. The molecule has 4 rings (SSSR count). The maximum Gasteiger partial charge on any atom is 0.227 e. The van der Waals surface area contributed by atoms with Crippen LogP contribution in [-0.2, 0) is 4.79 Å². The van der Waals surface area contributed by atoms with Crippen LogP contribution in [0.1, 0.15) is 42.5 Å². The number of ketones is 1. The molecule has 0 unspecified atom stereocenters. The molecule has 31 heavy (non-hydrogen) atoms. The summed E-state index contributed by atoms with van der Waals surface area (Å²) >= 11 is 1.52. The van der Waals surface area contributed by atoms with Gasteiger partial charge in [0.05, 0.1) is 5.75 Å². The normalized spacial score (nSPS) is 14.2. The van der Waals surface area contributed by atoms with Crippen LogP contribution in [0.3, 0.4) is 0 Å². The summed E-state index contributed by atoms with van der Waals surface area (Å²) in [5.41, 5.74) is 3.80. The molecule has 1 aliphatic carbocycles. The summed E-state index contributed by atoms with van der Waals surface area (Å²) in [6.07, 6.45) is 5.53. The van der Waals surface area contributed by atoms with Crippen LogP contribution < -0.4 is 5.32 Å². The number of thioether (sulfide) groups is 1. The second-order valence-corrected chi connectivity index (χ2v) is 9.05. The molecule has 158 valence electrons. The van der Waals surface area contributed by atoms with Crippen molar-refractivity contribution in [3.63, 3.8) is 0 Å². The van der Waals surface area contributed by atoms with Gasteiger partial charge in [0.15, 0.2) is 5.78 Å². The molecule has 0 radical (unpaired) electrons. The zero-order valence-corrected chi connectivity index (χ0v) is 18.4. The Balaban J connectivity index is 1.28. The van der Waals surface area contributed by atoms with Gasteiger partial charge >= 0.3 is 0 Å². The van der Waals surface area contributed by atoms with Gasteiger partial charge in [-0.25, -0.2) is 0 Å². The molecule has 0 atom stereocenters. The van der Waals surface area contributed by atoms with Gasteiger partial charge in [-0.2, -0.15) is 0 Å². The van der Waals surface area contributed by atoms with E-state index in [1.807, 2.05) is 66.7 Å². The predicted molar refractivity (Wildman–Crippen MR) is 129 cm³/mol. The lowest BCUT2D eigenvalue weighted by Crippen LogP contribution is -2.24. The number of benzene rings is 3. The van der Waals surface area contributed by atoms with Crippen molar-refractivity contribution in [3.8, 4) is 11.1 Å². The fraction of sp³-hybridized carbons (Fsp3) is 0.259. The van der Waals surface area contributed by atoms with Crippen molar-refractivity contribution in [3.05, 3.63) is 84.4 Å². The number of rotatable bonds is 7. The summed E-state index contributed by atoms with van der Waals surface area (Å²) in [7, 11) is 0. The van der Waals surface area contributed by atoms with E-state index in [2.05, 4.69) is 17.4 Å². The van der Waals surface area contributed by atoms with E-state index in [9.17, 15) is 9.59 Å². The van der Waals surface area contributed by atoms with Gasteiger partial charge < -0.3 is 5.32 Å². The molecule has 3 aromatic carbocycles. The molecular weight excluding hydrogens is 402 g/mol. The predicted octanol–water partition coefficient (Wildman–Crippen LogP) is 6.85. The fourth-order valence-corrected chi connectivity index (χ4v) is 4.75.